The number of carboxylic acids is 1. The molecule has 0 spiro atoms. The molecule has 1 aromatic rings. The molecule has 1 aromatic carbocycles. The summed E-state index contributed by atoms with van der Waals surface area (Å²) in [5, 5.41) is 11.5. The van der Waals surface area contributed by atoms with E-state index in [4.69, 9.17) is 9.84 Å². The molecular formula is C16H25ClN2O5S. The lowest BCUT2D eigenvalue weighted by Crippen LogP contribution is -2.43. The van der Waals surface area contributed by atoms with Crippen molar-refractivity contribution < 1.29 is 23.1 Å². The molecule has 0 radical (unpaired) electrons. The van der Waals surface area contributed by atoms with Crippen LogP contribution >= 0.6 is 12.4 Å². The van der Waals surface area contributed by atoms with E-state index < -0.39 is 16.0 Å². The molecule has 1 aliphatic rings. The number of carboxylic acid groups (broad SMARTS) is 1. The number of nitrogens with one attached hydrogen (secondary N) is 1. The average molecular weight is 393 g/mol. The van der Waals surface area contributed by atoms with Crippen LogP contribution in [-0.2, 0) is 14.8 Å². The Morgan fingerprint density at radius 2 is 2.16 bits per heavy atom. The zero-order valence-electron chi connectivity index (χ0n) is 14.4. The summed E-state index contributed by atoms with van der Waals surface area (Å²) in [6, 6.07) is 4.85. The van der Waals surface area contributed by atoms with Crippen molar-refractivity contribution in [3.63, 3.8) is 0 Å². The third-order valence-corrected chi connectivity index (χ3v) is 6.06. The van der Waals surface area contributed by atoms with Crippen LogP contribution in [0.4, 0.5) is 0 Å². The molecule has 2 rings (SSSR count). The zero-order chi connectivity index (χ0) is 17.7. The largest absolute Gasteiger partial charge is 0.496 e. The molecule has 1 unspecified atom stereocenters. The summed E-state index contributed by atoms with van der Waals surface area (Å²) in [7, 11) is -2.00. The number of sulfonamides is 1. The van der Waals surface area contributed by atoms with Gasteiger partial charge in [0.05, 0.1) is 18.6 Å². The zero-order valence-corrected chi connectivity index (χ0v) is 16.0. The molecule has 7 nitrogen and oxygen atoms in total. The average Bonchev–Trinajstić information content (AvgIpc) is 2.54. The second kappa shape index (κ2) is 9.38. The molecule has 1 heterocycles. The Labute approximate surface area is 154 Å². The van der Waals surface area contributed by atoms with Crippen LogP contribution in [0, 0.1) is 12.8 Å². The SMILES string of the molecule is COc1ccc(S(=O)(=O)N2CCCC(CNCC(=O)O)C2)cc1C.Cl. The van der Waals surface area contributed by atoms with Crippen LogP contribution in [0.2, 0.25) is 0 Å². The van der Waals surface area contributed by atoms with Crippen LogP contribution in [-0.4, -0.2) is 57.1 Å². The molecule has 9 heteroatoms. The van der Waals surface area contributed by atoms with Crippen molar-refractivity contribution in [2.45, 2.75) is 24.7 Å². The predicted octanol–water partition coefficient (Wildman–Crippen LogP) is 1.50. The number of carbonyl (C=O) groups is 1. The van der Waals surface area contributed by atoms with Gasteiger partial charge in [-0.25, -0.2) is 8.42 Å². The van der Waals surface area contributed by atoms with Crippen LogP contribution in [0.5, 0.6) is 5.75 Å². The van der Waals surface area contributed by atoms with Crippen molar-refractivity contribution in [2.75, 3.05) is 33.3 Å². The van der Waals surface area contributed by atoms with Gasteiger partial charge >= 0.3 is 5.97 Å². The molecule has 0 aromatic heterocycles. The number of rotatable bonds is 7. The number of hydrogen-bond donors (Lipinski definition) is 2. The van der Waals surface area contributed by atoms with E-state index in [1.807, 2.05) is 6.92 Å². The summed E-state index contributed by atoms with van der Waals surface area (Å²) in [6.45, 7) is 3.09. The fourth-order valence-electron chi connectivity index (χ4n) is 2.96. The van der Waals surface area contributed by atoms with Crippen molar-refractivity contribution in [3.8, 4) is 5.75 Å². The minimum Gasteiger partial charge on any atom is -0.496 e. The van der Waals surface area contributed by atoms with E-state index in [-0.39, 0.29) is 29.8 Å². The summed E-state index contributed by atoms with van der Waals surface area (Å²) >= 11 is 0. The third kappa shape index (κ3) is 5.57. The Balaban J connectivity index is 0.00000312. The summed E-state index contributed by atoms with van der Waals surface area (Å²) in [6.07, 6.45) is 1.66. The van der Waals surface area contributed by atoms with E-state index in [9.17, 15) is 13.2 Å². The van der Waals surface area contributed by atoms with Crippen LogP contribution in [0.3, 0.4) is 0 Å². The lowest BCUT2D eigenvalue weighted by Gasteiger charge is -2.32. The lowest BCUT2D eigenvalue weighted by molar-refractivity contribution is -0.136. The van der Waals surface area contributed by atoms with Gasteiger partial charge in [0.25, 0.3) is 0 Å². The monoisotopic (exact) mass is 392 g/mol. The molecule has 25 heavy (non-hydrogen) atoms. The molecule has 1 aliphatic heterocycles. The Morgan fingerprint density at radius 1 is 1.44 bits per heavy atom. The summed E-state index contributed by atoms with van der Waals surface area (Å²) in [5.74, 6) is -0.139. The van der Waals surface area contributed by atoms with Gasteiger partial charge in [0.1, 0.15) is 5.75 Å². The number of methoxy groups -OCH3 is 1. The van der Waals surface area contributed by atoms with Gasteiger partial charge in [-0.3, -0.25) is 4.79 Å². The number of hydrogen-bond acceptors (Lipinski definition) is 5. The van der Waals surface area contributed by atoms with Gasteiger partial charge in [-0.1, -0.05) is 0 Å². The standard InChI is InChI=1S/C16H24N2O5S.ClH/c1-12-8-14(5-6-15(12)23-2)24(21,22)18-7-3-4-13(11-18)9-17-10-16(19)20;/h5-6,8,13,17H,3-4,7,9-11H2,1-2H3,(H,19,20);1H. The second-order valence-electron chi connectivity index (χ2n) is 6.03. The number of nitrogens with zero attached hydrogens (tertiary/aromatic N) is 1. The number of ether oxygens (including phenoxy) is 1. The van der Waals surface area contributed by atoms with E-state index in [0.29, 0.717) is 25.4 Å². The van der Waals surface area contributed by atoms with Gasteiger partial charge in [-0.2, -0.15) is 4.31 Å². The van der Waals surface area contributed by atoms with Gasteiger partial charge in [-0.15, -0.1) is 12.4 Å². The number of benzene rings is 1. The van der Waals surface area contributed by atoms with Gasteiger partial charge in [0.15, 0.2) is 0 Å². The number of piperidine rings is 1. The maximum absolute atomic E-state index is 12.8. The van der Waals surface area contributed by atoms with Crippen molar-refractivity contribution in [1.29, 1.82) is 0 Å². The summed E-state index contributed by atoms with van der Waals surface area (Å²) in [5.41, 5.74) is 0.773. The van der Waals surface area contributed by atoms with Crippen LogP contribution in [0.1, 0.15) is 18.4 Å². The molecular weight excluding hydrogens is 368 g/mol. The number of aryl methyl sites for hydroxylation is 1. The molecule has 142 valence electrons. The minimum absolute atomic E-state index is 0. The van der Waals surface area contributed by atoms with Gasteiger partial charge in [0.2, 0.25) is 10.0 Å². The quantitative estimate of drug-likeness (QED) is 0.730. The topological polar surface area (TPSA) is 95.9 Å². The van der Waals surface area contributed by atoms with E-state index in [0.717, 1.165) is 18.4 Å². The predicted molar refractivity (Wildman–Crippen MR) is 97.0 cm³/mol. The van der Waals surface area contributed by atoms with Crippen LogP contribution < -0.4 is 10.1 Å². The molecule has 1 fully saturated rings. The lowest BCUT2D eigenvalue weighted by atomic mass is 10.00. The number of aliphatic carboxylic acids is 1. The Morgan fingerprint density at radius 3 is 2.76 bits per heavy atom. The van der Waals surface area contributed by atoms with Crippen molar-refractivity contribution in [1.82, 2.24) is 9.62 Å². The fourth-order valence-corrected chi connectivity index (χ4v) is 4.60. The maximum Gasteiger partial charge on any atom is 0.317 e. The van der Waals surface area contributed by atoms with Gasteiger partial charge in [-0.05, 0) is 56.0 Å². The van der Waals surface area contributed by atoms with E-state index in [1.165, 1.54) is 4.31 Å². The minimum atomic E-state index is -3.55. The van der Waals surface area contributed by atoms with Gasteiger partial charge in [0, 0.05) is 13.1 Å². The Bertz CT molecular complexity index is 696. The highest BCUT2D eigenvalue weighted by atomic mass is 35.5. The van der Waals surface area contributed by atoms with Crippen LogP contribution in [0.25, 0.3) is 0 Å². The molecule has 0 bridgehead atoms. The van der Waals surface area contributed by atoms with Crippen molar-refractivity contribution in [2.24, 2.45) is 5.92 Å². The Hall–Kier alpha value is -1.35. The fraction of sp³-hybridized carbons (Fsp3) is 0.562. The van der Waals surface area contributed by atoms with E-state index >= 15 is 0 Å². The van der Waals surface area contributed by atoms with Crippen LogP contribution in [0.15, 0.2) is 23.1 Å². The summed E-state index contributed by atoms with van der Waals surface area (Å²) in [4.78, 5) is 10.8. The first-order valence-electron chi connectivity index (χ1n) is 7.92. The van der Waals surface area contributed by atoms with Crippen molar-refractivity contribution in [3.05, 3.63) is 23.8 Å². The number of halogens is 1. The molecule has 1 atom stereocenters. The normalized spacial score (nSPS) is 18.4. The smallest absolute Gasteiger partial charge is 0.317 e. The Kier molecular flexibility index (Phi) is 8.14. The highest BCUT2D eigenvalue weighted by Crippen LogP contribution is 2.27. The summed E-state index contributed by atoms with van der Waals surface area (Å²) < 4.78 is 32.3. The first kappa shape index (κ1) is 21.7. The van der Waals surface area contributed by atoms with Gasteiger partial charge < -0.3 is 15.2 Å². The van der Waals surface area contributed by atoms with E-state index in [2.05, 4.69) is 5.32 Å². The molecule has 2 N–H and O–H groups in total. The highest BCUT2D eigenvalue weighted by molar-refractivity contribution is 7.89. The molecule has 0 aliphatic carbocycles. The van der Waals surface area contributed by atoms with E-state index in [1.54, 1.807) is 25.3 Å². The highest BCUT2D eigenvalue weighted by Gasteiger charge is 2.30. The van der Waals surface area contributed by atoms with Crippen molar-refractivity contribution >= 4 is 28.4 Å². The molecule has 1 saturated heterocycles. The maximum atomic E-state index is 12.8. The molecule has 0 saturated carbocycles. The second-order valence-corrected chi connectivity index (χ2v) is 7.97. The first-order valence-corrected chi connectivity index (χ1v) is 9.36. The molecule has 0 amide bonds. The first-order chi connectivity index (χ1) is 11.3. The third-order valence-electron chi connectivity index (χ3n) is 4.20.